The van der Waals surface area contributed by atoms with Gasteiger partial charge in [0.05, 0.1) is 11.9 Å². The van der Waals surface area contributed by atoms with Crippen LogP contribution in [-0.2, 0) is 0 Å². The van der Waals surface area contributed by atoms with E-state index in [0.717, 1.165) is 37.9 Å². The minimum Gasteiger partial charge on any atom is -0.457 e. The van der Waals surface area contributed by atoms with Crippen molar-refractivity contribution in [2.45, 2.75) is 0 Å². The van der Waals surface area contributed by atoms with Gasteiger partial charge in [-0.3, -0.25) is 5.43 Å². The van der Waals surface area contributed by atoms with Gasteiger partial charge in [-0.25, -0.2) is 4.98 Å². The zero-order valence-corrected chi connectivity index (χ0v) is 17.2. The van der Waals surface area contributed by atoms with E-state index in [1.807, 2.05) is 84.2 Å². The Morgan fingerprint density at radius 2 is 1.61 bits per heavy atom. The molecule has 6 heteroatoms. The molecule has 28 heavy (non-hydrogen) atoms. The monoisotopic (exact) mass is 449 g/mol. The summed E-state index contributed by atoms with van der Waals surface area (Å²) in [5, 5.41) is 7.00. The smallest absolute Gasteiger partial charge is 0.203 e. The lowest BCUT2D eigenvalue weighted by molar-refractivity contribution is 0.483. The summed E-state index contributed by atoms with van der Waals surface area (Å²) < 4.78 is 6.87. The molecule has 1 N–H and O–H groups in total. The first-order chi connectivity index (χ1) is 13.8. The van der Waals surface area contributed by atoms with Crippen molar-refractivity contribution in [3.05, 3.63) is 94.3 Å². The van der Waals surface area contributed by atoms with Crippen molar-refractivity contribution in [3.63, 3.8) is 0 Å². The zero-order chi connectivity index (χ0) is 19.2. The van der Waals surface area contributed by atoms with Gasteiger partial charge in [0.2, 0.25) is 5.13 Å². The maximum absolute atomic E-state index is 5.82. The van der Waals surface area contributed by atoms with Gasteiger partial charge >= 0.3 is 0 Å². The molecule has 0 amide bonds. The third-order valence-corrected chi connectivity index (χ3v) is 5.15. The molecule has 0 aliphatic heterocycles. The van der Waals surface area contributed by atoms with E-state index in [-0.39, 0.29) is 0 Å². The van der Waals surface area contributed by atoms with Crippen LogP contribution >= 0.6 is 27.3 Å². The molecule has 0 spiro atoms. The van der Waals surface area contributed by atoms with Crippen LogP contribution in [0.15, 0.2) is 93.8 Å². The van der Waals surface area contributed by atoms with E-state index >= 15 is 0 Å². The first-order valence-corrected chi connectivity index (χ1v) is 10.3. The Bertz CT molecular complexity index is 1060. The summed E-state index contributed by atoms with van der Waals surface area (Å²) in [5.41, 5.74) is 5.93. The summed E-state index contributed by atoms with van der Waals surface area (Å²) in [6, 6.07) is 25.6. The van der Waals surface area contributed by atoms with E-state index < -0.39 is 0 Å². The number of hydrazone groups is 1. The van der Waals surface area contributed by atoms with Crippen molar-refractivity contribution >= 4 is 38.6 Å². The van der Waals surface area contributed by atoms with Crippen LogP contribution < -0.4 is 10.2 Å². The second kappa shape index (κ2) is 8.82. The molecule has 0 saturated heterocycles. The highest BCUT2D eigenvalue weighted by molar-refractivity contribution is 9.10. The lowest BCUT2D eigenvalue weighted by Gasteiger charge is -2.05. The van der Waals surface area contributed by atoms with Gasteiger partial charge in [0.25, 0.3) is 0 Å². The SMILES string of the molecule is Brc1ccc(C=NNc2nc(-c3ccc(Oc4ccccc4)cc3)cs2)cc1. The molecule has 0 bridgehead atoms. The van der Waals surface area contributed by atoms with Crippen LogP contribution in [0.5, 0.6) is 11.5 Å². The predicted octanol–water partition coefficient (Wildman–Crippen LogP) is 6.81. The van der Waals surface area contributed by atoms with Crippen LogP contribution in [0.1, 0.15) is 5.56 Å². The number of benzene rings is 3. The Balaban J connectivity index is 1.39. The van der Waals surface area contributed by atoms with Gasteiger partial charge in [0.15, 0.2) is 0 Å². The van der Waals surface area contributed by atoms with Crippen LogP contribution in [0.2, 0.25) is 0 Å². The molecule has 4 nitrogen and oxygen atoms in total. The Morgan fingerprint density at radius 1 is 0.893 bits per heavy atom. The molecule has 0 radical (unpaired) electrons. The van der Waals surface area contributed by atoms with Gasteiger partial charge in [-0.1, -0.05) is 46.3 Å². The number of hydrogen-bond acceptors (Lipinski definition) is 5. The Morgan fingerprint density at radius 3 is 2.36 bits per heavy atom. The highest BCUT2D eigenvalue weighted by Crippen LogP contribution is 2.28. The maximum atomic E-state index is 5.82. The van der Waals surface area contributed by atoms with Crippen molar-refractivity contribution in [1.29, 1.82) is 0 Å². The quantitative estimate of drug-likeness (QED) is 0.259. The maximum Gasteiger partial charge on any atom is 0.203 e. The van der Waals surface area contributed by atoms with Gasteiger partial charge in [-0.15, -0.1) is 11.3 Å². The minimum atomic E-state index is 0.743. The molecule has 0 unspecified atom stereocenters. The van der Waals surface area contributed by atoms with E-state index in [1.54, 1.807) is 6.21 Å². The molecule has 1 heterocycles. The number of aromatic nitrogens is 1. The molecular formula is C22H16BrN3OS. The third kappa shape index (κ3) is 4.85. The van der Waals surface area contributed by atoms with E-state index in [1.165, 1.54) is 11.3 Å². The molecule has 1 aromatic heterocycles. The number of nitrogens with one attached hydrogen (secondary N) is 1. The fraction of sp³-hybridized carbons (Fsp3) is 0. The molecule has 138 valence electrons. The van der Waals surface area contributed by atoms with Crippen molar-refractivity contribution < 1.29 is 4.74 Å². The topological polar surface area (TPSA) is 46.5 Å². The highest BCUT2D eigenvalue weighted by atomic mass is 79.9. The van der Waals surface area contributed by atoms with Crippen LogP contribution in [-0.4, -0.2) is 11.2 Å². The van der Waals surface area contributed by atoms with E-state index in [2.05, 4.69) is 31.4 Å². The molecule has 0 aliphatic carbocycles. The third-order valence-electron chi connectivity index (χ3n) is 3.88. The lowest BCUT2D eigenvalue weighted by Crippen LogP contribution is -1.90. The number of halogens is 1. The Kier molecular flexibility index (Phi) is 5.80. The first kappa shape index (κ1) is 18.4. The number of thiazole rings is 1. The second-order valence-electron chi connectivity index (χ2n) is 5.90. The van der Waals surface area contributed by atoms with Gasteiger partial charge in [-0.05, 0) is 54.1 Å². The first-order valence-electron chi connectivity index (χ1n) is 8.60. The molecule has 3 aromatic carbocycles. The number of hydrogen-bond donors (Lipinski definition) is 1. The van der Waals surface area contributed by atoms with Crippen LogP contribution in [0.4, 0.5) is 5.13 Å². The predicted molar refractivity (Wildman–Crippen MR) is 119 cm³/mol. The second-order valence-corrected chi connectivity index (χ2v) is 7.67. The molecule has 0 fully saturated rings. The molecular weight excluding hydrogens is 434 g/mol. The fourth-order valence-electron chi connectivity index (χ4n) is 2.49. The fourth-order valence-corrected chi connectivity index (χ4v) is 3.42. The summed E-state index contributed by atoms with van der Waals surface area (Å²) in [6.45, 7) is 0. The lowest BCUT2D eigenvalue weighted by atomic mass is 10.2. The molecule has 0 aliphatic rings. The molecule has 0 saturated carbocycles. The normalized spacial score (nSPS) is 10.9. The van der Waals surface area contributed by atoms with Crippen molar-refractivity contribution in [2.24, 2.45) is 5.10 Å². The van der Waals surface area contributed by atoms with E-state index in [4.69, 9.17) is 4.74 Å². The molecule has 4 aromatic rings. The number of nitrogens with zero attached hydrogens (tertiary/aromatic N) is 2. The summed E-state index contributed by atoms with van der Waals surface area (Å²) in [4.78, 5) is 4.58. The zero-order valence-electron chi connectivity index (χ0n) is 14.7. The van der Waals surface area contributed by atoms with Crippen LogP contribution in [0.25, 0.3) is 11.3 Å². The van der Waals surface area contributed by atoms with E-state index in [9.17, 15) is 0 Å². The average molecular weight is 450 g/mol. The Hall–Kier alpha value is -2.96. The highest BCUT2D eigenvalue weighted by Gasteiger charge is 2.05. The summed E-state index contributed by atoms with van der Waals surface area (Å²) in [6.07, 6.45) is 1.77. The van der Waals surface area contributed by atoms with Crippen molar-refractivity contribution in [3.8, 4) is 22.8 Å². The average Bonchev–Trinajstić information content (AvgIpc) is 3.20. The molecule has 4 rings (SSSR count). The van der Waals surface area contributed by atoms with Gasteiger partial charge in [-0.2, -0.15) is 5.10 Å². The van der Waals surface area contributed by atoms with Crippen molar-refractivity contribution in [2.75, 3.05) is 5.43 Å². The Labute approximate surface area is 175 Å². The largest absolute Gasteiger partial charge is 0.457 e. The number of anilines is 1. The summed E-state index contributed by atoms with van der Waals surface area (Å²) in [7, 11) is 0. The van der Waals surface area contributed by atoms with Gasteiger partial charge in [0, 0.05) is 15.4 Å². The van der Waals surface area contributed by atoms with E-state index in [0.29, 0.717) is 0 Å². The molecule has 0 atom stereocenters. The van der Waals surface area contributed by atoms with Crippen molar-refractivity contribution in [1.82, 2.24) is 4.98 Å². The number of para-hydroxylation sites is 1. The van der Waals surface area contributed by atoms with Crippen LogP contribution in [0.3, 0.4) is 0 Å². The summed E-state index contributed by atoms with van der Waals surface area (Å²) >= 11 is 4.93. The number of rotatable bonds is 6. The number of ether oxygens (including phenoxy) is 1. The van der Waals surface area contributed by atoms with Crippen LogP contribution in [0, 0.1) is 0 Å². The standard InChI is InChI=1S/C22H16BrN3OS/c23-18-10-6-16(7-11-18)14-24-26-22-25-21(15-28-22)17-8-12-20(13-9-17)27-19-4-2-1-3-5-19/h1-15H,(H,25,26). The van der Waals surface area contributed by atoms with Gasteiger partial charge in [0.1, 0.15) is 11.5 Å². The summed E-state index contributed by atoms with van der Waals surface area (Å²) in [5.74, 6) is 1.61. The van der Waals surface area contributed by atoms with Gasteiger partial charge < -0.3 is 4.74 Å². The minimum absolute atomic E-state index is 0.743.